The van der Waals surface area contributed by atoms with E-state index in [0.29, 0.717) is 11.3 Å². The van der Waals surface area contributed by atoms with Crippen molar-refractivity contribution in [2.75, 3.05) is 20.3 Å². The first kappa shape index (κ1) is 13.0. The van der Waals surface area contributed by atoms with Crippen LogP contribution in [-0.2, 0) is 4.74 Å². The Morgan fingerprint density at radius 1 is 1.29 bits per heavy atom. The number of ether oxygens (including phenoxy) is 2. The van der Waals surface area contributed by atoms with Gasteiger partial charge in [-0.2, -0.15) is 0 Å². The van der Waals surface area contributed by atoms with E-state index in [9.17, 15) is 9.59 Å². The molecule has 1 rings (SSSR count). The third-order valence-electron chi connectivity index (χ3n) is 2.08. The zero-order valence-corrected chi connectivity index (χ0v) is 9.86. The van der Waals surface area contributed by atoms with Gasteiger partial charge in [-0.05, 0) is 19.1 Å². The summed E-state index contributed by atoms with van der Waals surface area (Å²) in [4.78, 5) is 22.8. The van der Waals surface area contributed by atoms with Gasteiger partial charge in [-0.1, -0.05) is 12.1 Å². The number of nitrogens with one attached hydrogen (secondary N) is 1. The van der Waals surface area contributed by atoms with Gasteiger partial charge in [0.05, 0.1) is 25.8 Å². The topological polar surface area (TPSA) is 64.6 Å². The van der Waals surface area contributed by atoms with Crippen molar-refractivity contribution in [3.8, 4) is 5.75 Å². The summed E-state index contributed by atoms with van der Waals surface area (Å²) in [6.07, 6.45) is -0.601. The number of carbonyl (C=O) groups is 2. The van der Waals surface area contributed by atoms with Gasteiger partial charge in [0, 0.05) is 0 Å². The SMILES string of the molecule is CCOC(=O)NCC(=O)c1ccccc1OC. The molecule has 0 spiro atoms. The molecule has 1 amide bonds. The van der Waals surface area contributed by atoms with Crippen molar-refractivity contribution in [2.45, 2.75) is 6.92 Å². The number of ketones is 1. The summed E-state index contributed by atoms with van der Waals surface area (Å²) >= 11 is 0. The van der Waals surface area contributed by atoms with Crippen LogP contribution in [0.5, 0.6) is 5.75 Å². The fraction of sp³-hybridized carbons (Fsp3) is 0.333. The van der Waals surface area contributed by atoms with E-state index in [1.165, 1.54) is 7.11 Å². The Morgan fingerprint density at radius 2 is 2.00 bits per heavy atom. The lowest BCUT2D eigenvalue weighted by atomic mass is 10.1. The number of hydrogen-bond donors (Lipinski definition) is 1. The fourth-order valence-electron chi connectivity index (χ4n) is 1.30. The number of amides is 1. The van der Waals surface area contributed by atoms with Gasteiger partial charge in [0.25, 0.3) is 0 Å². The maximum Gasteiger partial charge on any atom is 0.407 e. The van der Waals surface area contributed by atoms with Crippen molar-refractivity contribution in [3.05, 3.63) is 29.8 Å². The molecular formula is C12H15NO4. The highest BCUT2D eigenvalue weighted by Crippen LogP contribution is 2.17. The minimum atomic E-state index is -0.601. The van der Waals surface area contributed by atoms with Gasteiger partial charge in [-0.3, -0.25) is 4.79 Å². The van der Waals surface area contributed by atoms with Crippen molar-refractivity contribution in [1.82, 2.24) is 5.32 Å². The lowest BCUT2D eigenvalue weighted by Crippen LogP contribution is -2.30. The standard InChI is InChI=1S/C12H15NO4/c1-3-17-12(15)13-8-10(14)9-6-4-5-7-11(9)16-2/h4-7H,3,8H2,1-2H3,(H,13,15). The molecule has 0 saturated carbocycles. The molecule has 5 nitrogen and oxygen atoms in total. The molecule has 0 aliphatic heterocycles. The van der Waals surface area contributed by atoms with E-state index in [-0.39, 0.29) is 18.9 Å². The van der Waals surface area contributed by atoms with E-state index in [1.54, 1.807) is 31.2 Å². The zero-order valence-electron chi connectivity index (χ0n) is 9.86. The van der Waals surface area contributed by atoms with Gasteiger partial charge in [0.1, 0.15) is 5.75 Å². The summed E-state index contributed by atoms with van der Waals surface area (Å²) < 4.78 is 9.71. The summed E-state index contributed by atoms with van der Waals surface area (Å²) in [5, 5.41) is 2.37. The average molecular weight is 237 g/mol. The molecule has 0 heterocycles. The minimum Gasteiger partial charge on any atom is -0.496 e. The van der Waals surface area contributed by atoms with Crippen molar-refractivity contribution in [1.29, 1.82) is 0 Å². The Morgan fingerprint density at radius 3 is 2.65 bits per heavy atom. The van der Waals surface area contributed by atoms with Crippen molar-refractivity contribution < 1.29 is 19.1 Å². The summed E-state index contributed by atoms with van der Waals surface area (Å²) in [7, 11) is 1.49. The molecule has 0 fully saturated rings. The number of Topliss-reactive ketones (excluding diaryl/α,β-unsaturated/α-hetero) is 1. The highest BCUT2D eigenvalue weighted by atomic mass is 16.5. The monoisotopic (exact) mass is 237 g/mol. The van der Waals surface area contributed by atoms with Gasteiger partial charge in [-0.15, -0.1) is 0 Å². The van der Waals surface area contributed by atoms with Gasteiger partial charge < -0.3 is 14.8 Å². The van der Waals surface area contributed by atoms with Crippen LogP contribution in [0, 0.1) is 0 Å². The van der Waals surface area contributed by atoms with E-state index in [1.807, 2.05) is 0 Å². The van der Waals surface area contributed by atoms with Gasteiger partial charge in [0.15, 0.2) is 5.78 Å². The first-order chi connectivity index (χ1) is 8.19. The van der Waals surface area contributed by atoms with Crippen LogP contribution in [0.2, 0.25) is 0 Å². The van der Waals surface area contributed by atoms with Crippen LogP contribution in [-0.4, -0.2) is 32.1 Å². The largest absolute Gasteiger partial charge is 0.496 e. The molecule has 1 aromatic carbocycles. The number of rotatable bonds is 5. The van der Waals surface area contributed by atoms with Crippen molar-refractivity contribution >= 4 is 11.9 Å². The molecule has 17 heavy (non-hydrogen) atoms. The molecule has 1 N–H and O–H groups in total. The average Bonchev–Trinajstić information content (AvgIpc) is 2.36. The molecule has 92 valence electrons. The Hall–Kier alpha value is -2.04. The lowest BCUT2D eigenvalue weighted by molar-refractivity contribution is 0.0976. The number of benzene rings is 1. The summed E-state index contributed by atoms with van der Waals surface area (Å²) in [5.41, 5.74) is 0.437. The van der Waals surface area contributed by atoms with Crippen LogP contribution in [0.3, 0.4) is 0 Å². The third kappa shape index (κ3) is 3.79. The molecule has 0 aliphatic carbocycles. The van der Waals surface area contributed by atoms with Crippen LogP contribution < -0.4 is 10.1 Å². The smallest absolute Gasteiger partial charge is 0.407 e. The Labute approximate surface area is 99.7 Å². The van der Waals surface area contributed by atoms with Crippen LogP contribution in [0.1, 0.15) is 17.3 Å². The highest BCUT2D eigenvalue weighted by molar-refractivity contribution is 6.01. The second-order valence-electron chi connectivity index (χ2n) is 3.20. The number of carbonyl (C=O) groups excluding carboxylic acids is 2. The summed E-state index contributed by atoms with van der Waals surface area (Å²) in [6.45, 7) is 1.86. The quantitative estimate of drug-likeness (QED) is 0.790. The second-order valence-corrected chi connectivity index (χ2v) is 3.20. The Kier molecular flexibility index (Phi) is 5.00. The highest BCUT2D eigenvalue weighted by Gasteiger charge is 2.12. The van der Waals surface area contributed by atoms with Crippen LogP contribution >= 0.6 is 0 Å². The lowest BCUT2D eigenvalue weighted by Gasteiger charge is -2.08. The molecular weight excluding hydrogens is 222 g/mol. The Bertz CT molecular complexity index is 403. The van der Waals surface area contributed by atoms with Gasteiger partial charge >= 0.3 is 6.09 Å². The molecule has 0 radical (unpaired) electrons. The number of alkyl carbamates (subject to hydrolysis) is 1. The van der Waals surface area contributed by atoms with Crippen molar-refractivity contribution in [2.24, 2.45) is 0 Å². The van der Waals surface area contributed by atoms with Crippen LogP contribution in [0.4, 0.5) is 4.79 Å². The number of para-hydroxylation sites is 1. The predicted molar refractivity (Wildman–Crippen MR) is 62.3 cm³/mol. The maximum absolute atomic E-state index is 11.8. The van der Waals surface area contributed by atoms with Crippen LogP contribution in [0.25, 0.3) is 0 Å². The first-order valence-electron chi connectivity index (χ1n) is 5.25. The fourth-order valence-corrected chi connectivity index (χ4v) is 1.30. The van der Waals surface area contributed by atoms with E-state index in [2.05, 4.69) is 10.1 Å². The molecule has 0 bridgehead atoms. The molecule has 0 aromatic heterocycles. The summed E-state index contributed by atoms with van der Waals surface area (Å²) in [6, 6.07) is 6.85. The van der Waals surface area contributed by atoms with Gasteiger partial charge in [0.2, 0.25) is 0 Å². The Balaban J connectivity index is 2.61. The van der Waals surface area contributed by atoms with Gasteiger partial charge in [-0.25, -0.2) is 4.79 Å². The van der Waals surface area contributed by atoms with Crippen molar-refractivity contribution in [3.63, 3.8) is 0 Å². The molecule has 0 saturated heterocycles. The first-order valence-corrected chi connectivity index (χ1v) is 5.25. The molecule has 1 aromatic rings. The van der Waals surface area contributed by atoms with E-state index in [0.717, 1.165) is 0 Å². The summed E-state index contributed by atoms with van der Waals surface area (Å²) in [5.74, 6) is 0.263. The van der Waals surface area contributed by atoms with E-state index < -0.39 is 6.09 Å². The molecule has 0 atom stereocenters. The maximum atomic E-state index is 11.8. The minimum absolute atomic E-state index is 0.112. The van der Waals surface area contributed by atoms with Crippen LogP contribution in [0.15, 0.2) is 24.3 Å². The number of methoxy groups -OCH3 is 1. The second kappa shape index (κ2) is 6.52. The molecule has 0 aliphatic rings. The molecule has 0 unspecified atom stereocenters. The normalized spacial score (nSPS) is 9.53. The van der Waals surface area contributed by atoms with E-state index >= 15 is 0 Å². The number of hydrogen-bond acceptors (Lipinski definition) is 4. The zero-order chi connectivity index (χ0) is 12.7. The predicted octanol–water partition coefficient (Wildman–Crippen LogP) is 1.62. The molecule has 5 heteroatoms. The third-order valence-corrected chi connectivity index (χ3v) is 2.08. The van der Waals surface area contributed by atoms with E-state index in [4.69, 9.17) is 4.74 Å².